The second-order valence-corrected chi connectivity index (χ2v) is 5.20. The summed E-state index contributed by atoms with van der Waals surface area (Å²) >= 11 is 0. The Morgan fingerprint density at radius 2 is 2.25 bits per heavy atom. The third-order valence-electron chi connectivity index (χ3n) is 3.72. The highest BCUT2D eigenvalue weighted by Gasteiger charge is 2.33. The Kier molecular flexibility index (Phi) is 4.70. The van der Waals surface area contributed by atoms with Crippen LogP contribution in [0.4, 0.5) is 0 Å². The number of aromatic amines is 1. The topological polar surface area (TPSA) is 108 Å². The van der Waals surface area contributed by atoms with Crippen LogP contribution in [0.2, 0.25) is 0 Å². The Hall–Kier alpha value is -1.92. The van der Waals surface area contributed by atoms with Gasteiger partial charge in [0.2, 0.25) is 5.82 Å². The fourth-order valence-electron chi connectivity index (χ4n) is 2.65. The Bertz CT molecular complexity index is 486. The zero-order valence-corrected chi connectivity index (χ0v) is 11.6. The first-order chi connectivity index (χ1) is 9.61. The number of hydrogen-bond acceptors (Lipinski definition) is 4. The molecule has 0 radical (unpaired) electrons. The summed E-state index contributed by atoms with van der Waals surface area (Å²) < 4.78 is 0. The number of aromatic nitrogens is 3. The number of carbonyl (C=O) groups is 2. The molecular weight excluding hydrogens is 260 g/mol. The molecule has 1 fully saturated rings. The molecule has 0 spiro atoms. The molecular formula is C13H20N4O3. The smallest absolute Gasteiger partial charge is 0.306 e. The first-order valence-corrected chi connectivity index (χ1v) is 7.04. The number of carboxylic acid groups (broad SMARTS) is 1. The molecule has 0 bridgehead atoms. The van der Waals surface area contributed by atoms with Gasteiger partial charge in [-0.25, -0.2) is 4.98 Å². The van der Waals surface area contributed by atoms with Gasteiger partial charge in [-0.2, -0.15) is 0 Å². The molecule has 1 amide bonds. The summed E-state index contributed by atoms with van der Waals surface area (Å²) in [6.45, 7) is 2.39. The normalized spacial score (nSPS) is 21.9. The van der Waals surface area contributed by atoms with Gasteiger partial charge in [0, 0.05) is 13.0 Å². The van der Waals surface area contributed by atoms with Crippen LogP contribution < -0.4 is 5.32 Å². The van der Waals surface area contributed by atoms with E-state index in [9.17, 15) is 9.59 Å². The van der Waals surface area contributed by atoms with E-state index < -0.39 is 5.97 Å². The number of nitrogens with one attached hydrogen (secondary N) is 2. The van der Waals surface area contributed by atoms with E-state index in [2.05, 4.69) is 20.5 Å². The fourth-order valence-corrected chi connectivity index (χ4v) is 2.65. The molecule has 1 aliphatic carbocycles. The van der Waals surface area contributed by atoms with E-state index in [0.717, 1.165) is 25.7 Å². The molecule has 3 N–H and O–H groups in total. The minimum Gasteiger partial charge on any atom is -0.481 e. The van der Waals surface area contributed by atoms with Crippen LogP contribution in [0.3, 0.4) is 0 Å². The summed E-state index contributed by atoms with van der Waals surface area (Å²) in [7, 11) is 0. The van der Waals surface area contributed by atoms with Crippen LogP contribution in [0.1, 0.15) is 49.1 Å². The van der Waals surface area contributed by atoms with Gasteiger partial charge in [-0.3, -0.25) is 14.7 Å². The van der Waals surface area contributed by atoms with E-state index in [4.69, 9.17) is 5.11 Å². The number of aliphatic carboxylic acids is 1. The van der Waals surface area contributed by atoms with Crippen LogP contribution in [0.25, 0.3) is 0 Å². The number of carbonyl (C=O) groups excluding carboxylic acids is 1. The lowest BCUT2D eigenvalue weighted by Crippen LogP contribution is -2.33. The molecule has 7 nitrogen and oxygen atoms in total. The number of carboxylic acids is 1. The second kappa shape index (κ2) is 6.49. The van der Waals surface area contributed by atoms with Gasteiger partial charge >= 0.3 is 5.97 Å². The van der Waals surface area contributed by atoms with E-state index in [1.165, 1.54) is 0 Å². The van der Waals surface area contributed by atoms with Crippen molar-refractivity contribution in [2.45, 2.75) is 39.0 Å². The minimum atomic E-state index is -0.773. The predicted octanol–water partition coefficient (Wildman–Crippen LogP) is 0.988. The molecule has 0 saturated heterocycles. The highest BCUT2D eigenvalue weighted by atomic mass is 16.4. The molecule has 7 heteroatoms. The van der Waals surface area contributed by atoms with Crippen molar-refractivity contribution in [3.8, 4) is 0 Å². The predicted molar refractivity (Wildman–Crippen MR) is 71.2 cm³/mol. The van der Waals surface area contributed by atoms with E-state index in [0.29, 0.717) is 18.8 Å². The standard InChI is InChI=1S/C13H20N4O3/c1-2-4-10-15-11(17-16-10)12(18)14-7-8-5-3-6-9(8)13(19)20/h8-9H,2-7H2,1H3,(H,14,18)(H,19,20)(H,15,16,17). The van der Waals surface area contributed by atoms with Crippen LogP contribution in [-0.4, -0.2) is 38.7 Å². The summed E-state index contributed by atoms with van der Waals surface area (Å²) in [5.74, 6) is -0.645. The molecule has 1 aromatic rings. The van der Waals surface area contributed by atoms with Gasteiger partial charge in [0.05, 0.1) is 5.92 Å². The van der Waals surface area contributed by atoms with Crippen LogP contribution >= 0.6 is 0 Å². The molecule has 110 valence electrons. The van der Waals surface area contributed by atoms with Gasteiger partial charge in [-0.1, -0.05) is 13.3 Å². The highest BCUT2D eigenvalue weighted by molar-refractivity contribution is 5.90. The summed E-state index contributed by atoms with van der Waals surface area (Å²) in [4.78, 5) is 27.1. The third-order valence-corrected chi connectivity index (χ3v) is 3.72. The quantitative estimate of drug-likeness (QED) is 0.720. The van der Waals surface area contributed by atoms with Crippen molar-refractivity contribution < 1.29 is 14.7 Å². The average molecular weight is 280 g/mol. The maximum Gasteiger partial charge on any atom is 0.306 e. The molecule has 0 aliphatic heterocycles. The van der Waals surface area contributed by atoms with Gasteiger partial charge in [0.15, 0.2) is 0 Å². The molecule has 1 aromatic heterocycles. The zero-order chi connectivity index (χ0) is 14.5. The Balaban J connectivity index is 1.86. The lowest BCUT2D eigenvalue weighted by atomic mass is 9.96. The molecule has 0 aromatic carbocycles. The number of amides is 1. The lowest BCUT2D eigenvalue weighted by Gasteiger charge is -2.15. The largest absolute Gasteiger partial charge is 0.481 e. The summed E-state index contributed by atoms with van der Waals surface area (Å²) in [6, 6.07) is 0. The van der Waals surface area contributed by atoms with Crippen LogP contribution in [0.15, 0.2) is 0 Å². The Morgan fingerprint density at radius 3 is 2.95 bits per heavy atom. The third kappa shape index (κ3) is 3.34. The van der Waals surface area contributed by atoms with Gasteiger partial charge in [-0.15, -0.1) is 5.10 Å². The van der Waals surface area contributed by atoms with Crippen LogP contribution in [0.5, 0.6) is 0 Å². The van der Waals surface area contributed by atoms with Gasteiger partial charge in [0.25, 0.3) is 5.91 Å². The van der Waals surface area contributed by atoms with Crippen molar-refractivity contribution >= 4 is 11.9 Å². The minimum absolute atomic E-state index is 0.00510. The summed E-state index contributed by atoms with van der Waals surface area (Å²) in [6.07, 6.45) is 4.12. The van der Waals surface area contributed by atoms with Crippen molar-refractivity contribution in [1.82, 2.24) is 20.5 Å². The number of nitrogens with zero attached hydrogens (tertiary/aromatic N) is 2. The molecule has 1 aliphatic rings. The van der Waals surface area contributed by atoms with Crippen molar-refractivity contribution in [3.63, 3.8) is 0 Å². The first kappa shape index (κ1) is 14.5. The number of hydrogen-bond donors (Lipinski definition) is 3. The van der Waals surface area contributed by atoms with Gasteiger partial charge < -0.3 is 10.4 Å². The molecule has 20 heavy (non-hydrogen) atoms. The summed E-state index contributed by atoms with van der Waals surface area (Å²) in [5.41, 5.74) is 0. The van der Waals surface area contributed by atoms with Crippen LogP contribution in [-0.2, 0) is 11.2 Å². The zero-order valence-electron chi connectivity index (χ0n) is 11.6. The van der Waals surface area contributed by atoms with Crippen molar-refractivity contribution in [1.29, 1.82) is 0 Å². The van der Waals surface area contributed by atoms with Crippen molar-refractivity contribution in [2.24, 2.45) is 11.8 Å². The maximum absolute atomic E-state index is 11.9. The lowest BCUT2D eigenvalue weighted by molar-refractivity contribution is -0.142. The number of H-pyrrole nitrogens is 1. The Labute approximate surface area is 117 Å². The Morgan fingerprint density at radius 1 is 1.45 bits per heavy atom. The first-order valence-electron chi connectivity index (χ1n) is 7.04. The average Bonchev–Trinajstić information content (AvgIpc) is 3.04. The maximum atomic E-state index is 11.9. The monoisotopic (exact) mass is 280 g/mol. The fraction of sp³-hybridized carbons (Fsp3) is 0.692. The van der Waals surface area contributed by atoms with Crippen molar-refractivity contribution in [2.75, 3.05) is 6.54 Å². The van der Waals surface area contributed by atoms with Gasteiger partial charge in [0.1, 0.15) is 5.82 Å². The van der Waals surface area contributed by atoms with Gasteiger partial charge in [-0.05, 0) is 25.2 Å². The van der Waals surface area contributed by atoms with E-state index in [1.54, 1.807) is 0 Å². The molecule has 2 unspecified atom stereocenters. The number of rotatable bonds is 6. The van der Waals surface area contributed by atoms with E-state index >= 15 is 0 Å². The second-order valence-electron chi connectivity index (χ2n) is 5.20. The number of aryl methyl sites for hydroxylation is 1. The molecule has 1 saturated carbocycles. The van der Waals surface area contributed by atoms with Crippen LogP contribution in [0, 0.1) is 11.8 Å². The SMILES string of the molecule is CCCc1nc(C(=O)NCC2CCCC2C(=O)O)n[nH]1. The van der Waals surface area contributed by atoms with E-state index in [1.807, 2.05) is 6.92 Å². The molecule has 2 atom stereocenters. The molecule has 2 rings (SSSR count). The highest BCUT2D eigenvalue weighted by Crippen LogP contribution is 2.31. The van der Waals surface area contributed by atoms with Crippen molar-refractivity contribution in [3.05, 3.63) is 11.6 Å². The van der Waals surface area contributed by atoms with E-state index in [-0.39, 0.29) is 23.6 Å². The molecule has 1 heterocycles. The summed E-state index contributed by atoms with van der Waals surface area (Å²) in [5, 5.41) is 18.4.